The molecule has 0 saturated carbocycles. The van der Waals surface area contributed by atoms with Crippen molar-refractivity contribution in [1.82, 2.24) is 5.32 Å². The Morgan fingerprint density at radius 3 is 2.44 bits per heavy atom. The summed E-state index contributed by atoms with van der Waals surface area (Å²) in [6, 6.07) is 15.8. The highest BCUT2D eigenvalue weighted by Gasteiger charge is 2.35. The molecule has 3 aromatic carbocycles. The predicted octanol–water partition coefficient (Wildman–Crippen LogP) is 6.13. The molecule has 34 heavy (non-hydrogen) atoms. The van der Waals surface area contributed by atoms with Crippen molar-refractivity contribution in [2.45, 2.75) is 6.61 Å². The van der Waals surface area contributed by atoms with Gasteiger partial charge in [0.05, 0.1) is 17.8 Å². The van der Waals surface area contributed by atoms with Crippen LogP contribution in [-0.2, 0) is 11.4 Å². The van der Waals surface area contributed by atoms with Crippen LogP contribution >= 0.6 is 56.8 Å². The summed E-state index contributed by atoms with van der Waals surface area (Å²) >= 11 is 10.2. The highest BCUT2D eigenvalue weighted by atomic mass is 127. The van der Waals surface area contributed by atoms with Crippen molar-refractivity contribution in [3.63, 3.8) is 0 Å². The first-order chi connectivity index (χ1) is 16.2. The summed E-state index contributed by atoms with van der Waals surface area (Å²) in [5.74, 6) is 0.139. The van der Waals surface area contributed by atoms with Gasteiger partial charge in [0.1, 0.15) is 18.1 Å². The fourth-order valence-electron chi connectivity index (χ4n) is 3.27. The monoisotopic (exact) mass is 701 g/mol. The largest absolute Gasteiger partial charge is 0.487 e. The van der Waals surface area contributed by atoms with E-state index in [0.29, 0.717) is 27.6 Å². The van der Waals surface area contributed by atoms with E-state index in [1.807, 2.05) is 12.1 Å². The van der Waals surface area contributed by atoms with Gasteiger partial charge >= 0.3 is 6.03 Å². The van der Waals surface area contributed by atoms with Gasteiger partial charge in [-0.1, -0.05) is 29.8 Å². The van der Waals surface area contributed by atoms with Crippen molar-refractivity contribution in [1.29, 1.82) is 0 Å². The molecule has 0 radical (unpaired) electrons. The Kier molecular flexibility index (Phi) is 7.38. The standard InChI is InChI=1S/C23H14ClI2N3O5/c24-15-4-2-5-16(11-15)28-22(30)20(27-23(28)31)10-14-8-18(25)21(19(26)9-14)34-12-13-3-1-6-17(7-13)29(32)33/h1-11H,12H2,(H,27,31)/b20-10+. The molecule has 0 aromatic heterocycles. The Balaban J connectivity index is 1.54. The Morgan fingerprint density at radius 2 is 1.76 bits per heavy atom. The molecular formula is C23H14ClI2N3O5. The number of urea groups is 1. The lowest BCUT2D eigenvalue weighted by Crippen LogP contribution is -2.30. The van der Waals surface area contributed by atoms with Crippen LogP contribution in [0.1, 0.15) is 11.1 Å². The summed E-state index contributed by atoms with van der Waals surface area (Å²) < 4.78 is 7.49. The second kappa shape index (κ2) is 10.3. The van der Waals surface area contributed by atoms with Crippen molar-refractivity contribution >= 4 is 86.2 Å². The first-order valence-electron chi connectivity index (χ1n) is 9.71. The van der Waals surface area contributed by atoms with Crippen LogP contribution in [0.15, 0.2) is 66.4 Å². The van der Waals surface area contributed by atoms with E-state index < -0.39 is 16.9 Å². The van der Waals surface area contributed by atoms with Crippen LogP contribution in [0.2, 0.25) is 5.02 Å². The number of anilines is 1. The van der Waals surface area contributed by atoms with Crippen LogP contribution in [0.3, 0.4) is 0 Å². The number of nitro groups is 1. The molecule has 1 heterocycles. The van der Waals surface area contributed by atoms with Crippen molar-refractivity contribution in [3.05, 3.63) is 99.8 Å². The number of nitrogens with one attached hydrogen (secondary N) is 1. The molecule has 3 amide bonds. The summed E-state index contributed by atoms with van der Waals surface area (Å²) in [6.45, 7) is 0.164. The maximum atomic E-state index is 12.9. The molecule has 172 valence electrons. The maximum Gasteiger partial charge on any atom is 0.333 e. The van der Waals surface area contributed by atoms with Gasteiger partial charge in [-0.15, -0.1) is 0 Å². The number of carbonyl (C=O) groups excluding carboxylic acids is 2. The van der Waals surface area contributed by atoms with Gasteiger partial charge < -0.3 is 10.1 Å². The fourth-order valence-corrected chi connectivity index (χ4v) is 5.58. The molecule has 11 heteroatoms. The normalized spacial score (nSPS) is 14.4. The zero-order valence-electron chi connectivity index (χ0n) is 17.1. The Hall–Kier alpha value is -2.71. The lowest BCUT2D eigenvalue weighted by molar-refractivity contribution is -0.384. The van der Waals surface area contributed by atoms with E-state index in [2.05, 4.69) is 50.5 Å². The molecule has 0 atom stereocenters. The number of amides is 3. The molecule has 4 rings (SSSR count). The fraction of sp³-hybridized carbons (Fsp3) is 0.0435. The van der Waals surface area contributed by atoms with E-state index in [9.17, 15) is 19.7 Å². The molecular weight excluding hydrogens is 688 g/mol. The molecule has 0 bridgehead atoms. The van der Waals surface area contributed by atoms with Crippen molar-refractivity contribution in [2.75, 3.05) is 4.90 Å². The molecule has 1 saturated heterocycles. The van der Waals surface area contributed by atoms with Crippen LogP contribution in [0.4, 0.5) is 16.2 Å². The molecule has 8 nitrogen and oxygen atoms in total. The number of carbonyl (C=O) groups is 2. The Labute approximate surface area is 226 Å². The van der Waals surface area contributed by atoms with E-state index in [1.54, 1.807) is 42.5 Å². The lowest BCUT2D eigenvalue weighted by atomic mass is 10.1. The van der Waals surface area contributed by atoms with Gasteiger partial charge in [-0.3, -0.25) is 14.9 Å². The lowest BCUT2D eigenvalue weighted by Gasteiger charge is -2.12. The van der Waals surface area contributed by atoms with Crippen molar-refractivity contribution in [3.8, 4) is 5.75 Å². The van der Waals surface area contributed by atoms with Crippen molar-refractivity contribution < 1.29 is 19.2 Å². The average Bonchev–Trinajstić information content (AvgIpc) is 3.06. The van der Waals surface area contributed by atoms with Gasteiger partial charge in [0, 0.05) is 17.2 Å². The minimum absolute atomic E-state index is 0.00237. The van der Waals surface area contributed by atoms with E-state index in [0.717, 1.165) is 12.0 Å². The van der Waals surface area contributed by atoms with E-state index >= 15 is 0 Å². The number of non-ortho nitro benzene ring substituents is 1. The molecule has 1 fully saturated rings. The van der Waals surface area contributed by atoms with Crippen molar-refractivity contribution in [2.24, 2.45) is 0 Å². The number of halogens is 3. The minimum Gasteiger partial charge on any atom is -0.487 e. The highest BCUT2D eigenvalue weighted by Crippen LogP contribution is 2.31. The Bertz CT molecular complexity index is 1340. The van der Waals surface area contributed by atoms with Gasteiger partial charge in [-0.2, -0.15) is 0 Å². The number of nitro benzene ring substituents is 1. The maximum absolute atomic E-state index is 12.9. The van der Waals surface area contributed by atoms with Crippen LogP contribution in [-0.4, -0.2) is 16.9 Å². The smallest absolute Gasteiger partial charge is 0.333 e. The first-order valence-corrected chi connectivity index (χ1v) is 12.2. The third-order valence-corrected chi connectivity index (χ3v) is 6.62. The van der Waals surface area contributed by atoms with Crippen LogP contribution in [0.25, 0.3) is 6.08 Å². The number of rotatable bonds is 6. The SMILES string of the molecule is O=C1N/C(=C/c2cc(I)c(OCc3cccc([N+](=O)[O-])c3)c(I)c2)C(=O)N1c1cccc(Cl)c1. The zero-order chi connectivity index (χ0) is 24.4. The number of hydrogen-bond acceptors (Lipinski definition) is 5. The number of benzene rings is 3. The van der Waals surface area contributed by atoms with Gasteiger partial charge in [0.15, 0.2) is 0 Å². The molecule has 1 aliphatic heterocycles. The molecule has 1 N–H and O–H groups in total. The second-order valence-corrected chi connectivity index (χ2v) is 9.90. The van der Waals surface area contributed by atoms with Gasteiger partial charge in [-0.05, 0) is 92.7 Å². The molecule has 3 aromatic rings. The number of ether oxygens (including phenoxy) is 1. The second-order valence-electron chi connectivity index (χ2n) is 7.14. The summed E-state index contributed by atoms with van der Waals surface area (Å²) in [4.78, 5) is 36.8. The molecule has 1 aliphatic rings. The van der Waals surface area contributed by atoms with E-state index in [-0.39, 0.29) is 18.0 Å². The number of imide groups is 1. The molecule has 0 unspecified atom stereocenters. The minimum atomic E-state index is -0.556. The average molecular weight is 702 g/mol. The van der Waals surface area contributed by atoms with Gasteiger partial charge in [0.2, 0.25) is 0 Å². The Morgan fingerprint density at radius 1 is 1.06 bits per heavy atom. The number of hydrogen-bond donors (Lipinski definition) is 1. The zero-order valence-corrected chi connectivity index (χ0v) is 22.2. The van der Waals surface area contributed by atoms with Gasteiger partial charge in [0.25, 0.3) is 11.6 Å². The third kappa shape index (κ3) is 5.33. The van der Waals surface area contributed by atoms with Gasteiger partial charge in [-0.25, -0.2) is 9.69 Å². The van der Waals surface area contributed by atoms with Crippen LogP contribution in [0, 0.1) is 17.3 Å². The van der Waals surface area contributed by atoms with Crippen LogP contribution < -0.4 is 15.0 Å². The topological polar surface area (TPSA) is 102 Å². The molecule has 0 aliphatic carbocycles. The summed E-state index contributed by atoms with van der Waals surface area (Å²) in [5.41, 5.74) is 1.90. The third-order valence-electron chi connectivity index (χ3n) is 4.78. The first kappa shape index (κ1) is 24.4. The quantitative estimate of drug-likeness (QED) is 0.110. The van der Waals surface area contributed by atoms with E-state index in [4.69, 9.17) is 16.3 Å². The van der Waals surface area contributed by atoms with Crippen LogP contribution in [0.5, 0.6) is 5.75 Å². The molecule has 0 spiro atoms. The van der Waals surface area contributed by atoms with E-state index in [1.165, 1.54) is 12.1 Å². The highest BCUT2D eigenvalue weighted by molar-refractivity contribution is 14.1. The predicted molar refractivity (Wildman–Crippen MR) is 145 cm³/mol. The summed E-state index contributed by atoms with van der Waals surface area (Å²) in [7, 11) is 0. The summed E-state index contributed by atoms with van der Waals surface area (Å²) in [6.07, 6.45) is 1.60. The number of nitrogens with zero attached hydrogens (tertiary/aromatic N) is 2. The summed E-state index contributed by atoms with van der Waals surface area (Å²) in [5, 5.41) is 14.0.